The molecule has 0 fully saturated rings. The lowest BCUT2D eigenvalue weighted by atomic mass is 9.83. The minimum absolute atomic E-state index is 0. The van der Waals surface area contributed by atoms with Crippen molar-refractivity contribution in [2.75, 3.05) is 13.7 Å². The molecule has 3 aromatic rings. The molecule has 1 aliphatic rings. The second-order valence-electron chi connectivity index (χ2n) is 8.66. The maximum absolute atomic E-state index is 12.3. The molecule has 35 heavy (non-hydrogen) atoms. The highest BCUT2D eigenvalue weighted by molar-refractivity contribution is 5.86. The number of benzene rings is 2. The molecule has 0 saturated heterocycles. The van der Waals surface area contributed by atoms with Gasteiger partial charge in [-0.15, -0.1) is 43.8 Å². The van der Waals surface area contributed by atoms with Gasteiger partial charge in [0.05, 0.1) is 30.9 Å². The fraction of sp³-hybridized carbons (Fsp3) is 0.407. The van der Waals surface area contributed by atoms with Crippen LogP contribution in [0.4, 0.5) is 0 Å². The third kappa shape index (κ3) is 7.01. The summed E-state index contributed by atoms with van der Waals surface area (Å²) in [6.45, 7) is 8.77. The number of ether oxygens (including phenoxy) is 1. The summed E-state index contributed by atoms with van der Waals surface area (Å²) in [4.78, 5) is 17.1. The van der Waals surface area contributed by atoms with Crippen LogP contribution in [-0.4, -0.2) is 29.2 Å². The van der Waals surface area contributed by atoms with Crippen LogP contribution in [0, 0.1) is 6.92 Å². The van der Waals surface area contributed by atoms with E-state index in [1.165, 1.54) is 18.2 Å². The van der Waals surface area contributed by atoms with Crippen molar-refractivity contribution in [2.24, 2.45) is 0 Å². The Bertz CT molecular complexity index is 1130. The fourth-order valence-electron chi connectivity index (χ4n) is 4.79. The average Bonchev–Trinajstić information content (AvgIpc) is 3.24. The van der Waals surface area contributed by atoms with E-state index in [2.05, 4.69) is 53.7 Å². The molecular formula is C27H36Cl3N3O2. The highest BCUT2D eigenvalue weighted by atomic mass is 35.5. The van der Waals surface area contributed by atoms with E-state index in [1.807, 2.05) is 12.4 Å². The summed E-state index contributed by atoms with van der Waals surface area (Å²) >= 11 is 0. The van der Waals surface area contributed by atoms with Gasteiger partial charge in [-0.2, -0.15) is 0 Å². The van der Waals surface area contributed by atoms with Gasteiger partial charge >= 0.3 is 5.97 Å². The van der Waals surface area contributed by atoms with Gasteiger partial charge in [0.2, 0.25) is 0 Å². The Morgan fingerprint density at radius 3 is 2.74 bits per heavy atom. The van der Waals surface area contributed by atoms with Gasteiger partial charge in [0.25, 0.3) is 0 Å². The van der Waals surface area contributed by atoms with Gasteiger partial charge in [-0.1, -0.05) is 30.3 Å². The molecule has 1 atom stereocenters. The predicted molar refractivity (Wildman–Crippen MR) is 151 cm³/mol. The zero-order chi connectivity index (χ0) is 22.5. The standard InChI is InChI=1S/C27H33N3O2.3ClH/c1-4-5-6-7-14-30-18-29-27-19(2)23(10-11-25(27)30)24(16-26(31)32-3)21-9-8-20-12-13-28-17-22(20)15-21;;;/h4,8-11,15,18,24,28H,1,5-7,12-14,16-17H2,2-3H3;3*1H/t24-;;;/m1.../s1. The largest absolute Gasteiger partial charge is 0.469 e. The van der Waals surface area contributed by atoms with Crippen molar-refractivity contribution in [2.45, 2.75) is 58.0 Å². The molecule has 0 amide bonds. The zero-order valence-corrected chi connectivity index (χ0v) is 22.9. The zero-order valence-electron chi connectivity index (χ0n) is 20.4. The van der Waals surface area contributed by atoms with Gasteiger partial charge in [0.15, 0.2) is 0 Å². The maximum Gasteiger partial charge on any atom is 0.306 e. The van der Waals surface area contributed by atoms with Gasteiger partial charge in [0.1, 0.15) is 0 Å². The second kappa shape index (κ2) is 14.5. The van der Waals surface area contributed by atoms with E-state index in [4.69, 9.17) is 9.72 Å². The van der Waals surface area contributed by atoms with Gasteiger partial charge in [-0.25, -0.2) is 4.98 Å². The van der Waals surface area contributed by atoms with E-state index < -0.39 is 0 Å². The Labute approximate surface area is 227 Å². The number of imidazole rings is 1. The van der Waals surface area contributed by atoms with Crippen molar-refractivity contribution >= 4 is 54.2 Å². The third-order valence-electron chi connectivity index (χ3n) is 6.64. The van der Waals surface area contributed by atoms with Crippen molar-refractivity contribution in [3.63, 3.8) is 0 Å². The normalized spacial score (nSPS) is 13.0. The van der Waals surface area contributed by atoms with Gasteiger partial charge in [0, 0.05) is 19.0 Å². The van der Waals surface area contributed by atoms with Gasteiger partial charge in [-0.3, -0.25) is 4.79 Å². The summed E-state index contributed by atoms with van der Waals surface area (Å²) in [7, 11) is 1.46. The van der Waals surface area contributed by atoms with E-state index >= 15 is 0 Å². The maximum atomic E-state index is 12.3. The number of nitrogens with zero attached hydrogens (tertiary/aromatic N) is 2. The number of hydrogen-bond acceptors (Lipinski definition) is 4. The SMILES string of the molecule is C=CCCCCn1cnc2c(C)c([C@H](CC(=O)OC)c3ccc4c(c3)CNCC4)ccc21.Cl.Cl.Cl. The minimum Gasteiger partial charge on any atom is -0.469 e. The number of esters is 1. The highest BCUT2D eigenvalue weighted by Gasteiger charge is 2.23. The molecule has 0 radical (unpaired) electrons. The van der Waals surface area contributed by atoms with E-state index in [9.17, 15) is 4.79 Å². The number of nitrogens with one attached hydrogen (secondary N) is 1. The summed E-state index contributed by atoms with van der Waals surface area (Å²) in [6.07, 6.45) is 8.56. The number of aromatic nitrogens is 2. The smallest absolute Gasteiger partial charge is 0.306 e. The van der Waals surface area contributed by atoms with Crippen molar-refractivity contribution in [3.05, 3.63) is 77.1 Å². The van der Waals surface area contributed by atoms with Crippen LogP contribution < -0.4 is 5.32 Å². The topological polar surface area (TPSA) is 56.2 Å². The molecule has 8 heteroatoms. The molecule has 0 bridgehead atoms. The molecule has 4 rings (SSSR count). The Kier molecular flexibility index (Phi) is 12.8. The van der Waals surface area contributed by atoms with Crippen molar-refractivity contribution in [1.82, 2.24) is 14.9 Å². The monoisotopic (exact) mass is 539 g/mol. The Balaban J connectivity index is 0.00000204. The number of allylic oxidation sites excluding steroid dienone is 1. The van der Waals surface area contributed by atoms with Crippen LogP contribution in [-0.2, 0) is 29.0 Å². The Morgan fingerprint density at radius 1 is 1.20 bits per heavy atom. The van der Waals surface area contributed by atoms with Crippen LogP contribution in [0.2, 0.25) is 0 Å². The second-order valence-corrected chi connectivity index (χ2v) is 8.66. The third-order valence-corrected chi connectivity index (χ3v) is 6.64. The van der Waals surface area contributed by atoms with Crippen LogP contribution in [0.25, 0.3) is 11.0 Å². The number of fused-ring (bicyclic) bond motifs is 2. The van der Waals surface area contributed by atoms with Gasteiger partial charge in [-0.05, 0) is 73.0 Å². The lowest BCUT2D eigenvalue weighted by molar-refractivity contribution is -0.140. The van der Waals surface area contributed by atoms with E-state index in [-0.39, 0.29) is 49.1 Å². The molecule has 0 unspecified atom stereocenters. The fourth-order valence-corrected chi connectivity index (χ4v) is 4.79. The van der Waals surface area contributed by atoms with E-state index in [1.54, 1.807) is 0 Å². The average molecular weight is 541 g/mol. The molecule has 1 N–H and O–H groups in total. The highest BCUT2D eigenvalue weighted by Crippen LogP contribution is 2.35. The van der Waals surface area contributed by atoms with Crippen molar-refractivity contribution < 1.29 is 9.53 Å². The Hall–Kier alpha value is -2.05. The lowest BCUT2D eigenvalue weighted by Gasteiger charge is -2.23. The van der Waals surface area contributed by atoms with E-state index in [0.29, 0.717) is 6.42 Å². The summed E-state index contributed by atoms with van der Waals surface area (Å²) in [5, 5.41) is 3.45. The van der Waals surface area contributed by atoms with Crippen LogP contribution in [0.15, 0.2) is 49.3 Å². The molecule has 2 heterocycles. The number of hydrogen-bond donors (Lipinski definition) is 1. The first-order valence-corrected chi connectivity index (χ1v) is 11.6. The summed E-state index contributed by atoms with van der Waals surface area (Å²) in [5.41, 5.74) is 8.32. The quantitative estimate of drug-likeness (QED) is 0.196. The summed E-state index contributed by atoms with van der Waals surface area (Å²) < 4.78 is 7.29. The molecule has 0 saturated carbocycles. The van der Waals surface area contributed by atoms with Crippen LogP contribution in [0.5, 0.6) is 0 Å². The molecule has 0 aliphatic carbocycles. The first kappa shape index (κ1) is 31.0. The number of carbonyl (C=O) groups is 1. The molecular weight excluding hydrogens is 505 g/mol. The predicted octanol–water partition coefficient (Wildman–Crippen LogP) is 6.31. The molecule has 5 nitrogen and oxygen atoms in total. The first-order valence-electron chi connectivity index (χ1n) is 11.6. The number of aryl methyl sites for hydroxylation is 2. The van der Waals surface area contributed by atoms with E-state index in [0.717, 1.165) is 73.0 Å². The number of halogens is 3. The van der Waals surface area contributed by atoms with Crippen LogP contribution in [0.1, 0.15) is 59.4 Å². The Morgan fingerprint density at radius 2 is 2.00 bits per heavy atom. The lowest BCUT2D eigenvalue weighted by Crippen LogP contribution is -2.24. The molecule has 2 aromatic carbocycles. The number of unbranched alkanes of at least 4 members (excludes halogenated alkanes) is 2. The van der Waals surface area contributed by atoms with Crippen LogP contribution >= 0.6 is 37.2 Å². The molecule has 1 aromatic heterocycles. The number of rotatable bonds is 9. The number of methoxy groups -OCH3 is 1. The van der Waals surface area contributed by atoms with Crippen molar-refractivity contribution in [3.8, 4) is 0 Å². The molecule has 192 valence electrons. The molecule has 1 aliphatic heterocycles. The van der Waals surface area contributed by atoms with Crippen molar-refractivity contribution in [1.29, 1.82) is 0 Å². The van der Waals surface area contributed by atoms with Gasteiger partial charge < -0.3 is 14.6 Å². The molecule has 0 spiro atoms. The summed E-state index contributed by atoms with van der Waals surface area (Å²) in [5.74, 6) is -0.255. The first-order chi connectivity index (χ1) is 15.6. The number of carbonyl (C=O) groups excluding carboxylic acids is 1. The van der Waals surface area contributed by atoms with Crippen LogP contribution in [0.3, 0.4) is 0 Å². The summed E-state index contributed by atoms with van der Waals surface area (Å²) in [6, 6.07) is 11.0. The minimum atomic E-state index is -0.196.